The molecular weight excluding hydrogens is 376 g/mol. The lowest BCUT2D eigenvalue weighted by molar-refractivity contribution is -0.151. The van der Waals surface area contributed by atoms with Crippen molar-refractivity contribution < 1.29 is 18.7 Å². The Balaban J connectivity index is 1.36. The first-order valence-electron chi connectivity index (χ1n) is 9.12. The number of anilines is 1. The van der Waals surface area contributed by atoms with E-state index in [1.54, 1.807) is 11.8 Å². The Kier molecular flexibility index (Phi) is 5.09. The van der Waals surface area contributed by atoms with Gasteiger partial charge in [0.2, 0.25) is 0 Å². The van der Waals surface area contributed by atoms with Crippen molar-refractivity contribution in [1.82, 2.24) is 4.98 Å². The van der Waals surface area contributed by atoms with Gasteiger partial charge in [-0.15, -0.1) is 0 Å². The van der Waals surface area contributed by atoms with Gasteiger partial charge >= 0.3 is 5.97 Å². The number of thioether (sulfide) groups is 1. The molecule has 0 saturated heterocycles. The summed E-state index contributed by atoms with van der Waals surface area (Å²) in [6, 6.07) is 15.3. The number of carbonyl (C=O) groups is 2. The van der Waals surface area contributed by atoms with Crippen molar-refractivity contribution in [1.29, 1.82) is 0 Å². The van der Waals surface area contributed by atoms with Crippen LogP contribution >= 0.6 is 11.8 Å². The molecule has 2 aromatic carbocycles. The Bertz CT molecular complexity index is 999. The molecule has 1 aromatic heterocycles. The first-order chi connectivity index (χ1) is 13.5. The number of benzene rings is 2. The average Bonchev–Trinajstić information content (AvgIpc) is 3.25. The number of fused-ring (bicyclic) bond motifs is 2. The first kappa shape index (κ1) is 18.6. The van der Waals surface area contributed by atoms with Gasteiger partial charge in [-0.2, -0.15) is 0 Å². The minimum Gasteiger partial charge on any atom is -0.452 e. The standard InChI is InChI=1S/C21H20N2O4S/c1-13-11-15-7-3-5-9-17(15)23(13)20(25)14(2)26-19(24)12-28-21-22-16-8-4-6-10-18(16)27-21/h3-10,13-14H,11-12H2,1-2H3/t13-,14-/m1/s1. The van der Waals surface area contributed by atoms with Crippen LogP contribution in [0.25, 0.3) is 11.1 Å². The number of ether oxygens (including phenoxy) is 1. The van der Waals surface area contributed by atoms with E-state index >= 15 is 0 Å². The van der Waals surface area contributed by atoms with Gasteiger partial charge in [0.15, 0.2) is 11.7 Å². The lowest BCUT2D eigenvalue weighted by atomic mass is 10.1. The summed E-state index contributed by atoms with van der Waals surface area (Å²) < 4.78 is 10.9. The number of oxazole rings is 1. The molecule has 0 N–H and O–H groups in total. The van der Waals surface area contributed by atoms with Gasteiger partial charge in [0.1, 0.15) is 11.3 Å². The SMILES string of the molecule is C[C@@H]1Cc2ccccc2N1C(=O)[C@@H](C)OC(=O)CSc1nc2ccccc2o1. The van der Waals surface area contributed by atoms with Crippen molar-refractivity contribution in [2.75, 3.05) is 10.7 Å². The molecule has 0 aliphatic carbocycles. The summed E-state index contributed by atoms with van der Waals surface area (Å²) >= 11 is 1.15. The summed E-state index contributed by atoms with van der Waals surface area (Å²) in [5.74, 6) is -0.665. The zero-order chi connectivity index (χ0) is 19.7. The van der Waals surface area contributed by atoms with Crippen LogP contribution < -0.4 is 4.90 Å². The number of aromatic nitrogens is 1. The Labute approximate surface area is 166 Å². The third-order valence-electron chi connectivity index (χ3n) is 4.69. The summed E-state index contributed by atoms with van der Waals surface area (Å²) in [6.07, 6.45) is -0.0544. The van der Waals surface area contributed by atoms with Crippen LogP contribution in [0.5, 0.6) is 0 Å². The smallest absolute Gasteiger partial charge is 0.317 e. The van der Waals surface area contributed by atoms with E-state index in [0.29, 0.717) is 10.8 Å². The highest BCUT2D eigenvalue weighted by atomic mass is 32.2. The van der Waals surface area contributed by atoms with E-state index in [0.717, 1.165) is 35.0 Å². The monoisotopic (exact) mass is 396 g/mol. The summed E-state index contributed by atoms with van der Waals surface area (Å²) in [5, 5.41) is 0.402. The van der Waals surface area contributed by atoms with Crippen LogP contribution in [0.3, 0.4) is 0 Å². The van der Waals surface area contributed by atoms with Crippen LogP contribution in [0.4, 0.5) is 5.69 Å². The van der Waals surface area contributed by atoms with Crippen molar-refractivity contribution in [3.63, 3.8) is 0 Å². The quantitative estimate of drug-likeness (QED) is 0.482. The number of rotatable bonds is 5. The number of nitrogens with zero attached hydrogens (tertiary/aromatic N) is 2. The summed E-state index contributed by atoms with van der Waals surface area (Å²) in [4.78, 5) is 31.1. The van der Waals surface area contributed by atoms with Crippen molar-refractivity contribution in [3.05, 3.63) is 54.1 Å². The fourth-order valence-corrected chi connectivity index (χ4v) is 4.03. The fraction of sp³-hybridized carbons (Fsp3) is 0.286. The van der Waals surface area contributed by atoms with Crippen molar-refractivity contribution in [3.8, 4) is 0 Å². The van der Waals surface area contributed by atoms with E-state index in [9.17, 15) is 9.59 Å². The molecule has 1 aliphatic heterocycles. The number of amides is 1. The number of hydrogen-bond acceptors (Lipinski definition) is 6. The Morgan fingerprint density at radius 2 is 2.00 bits per heavy atom. The maximum Gasteiger partial charge on any atom is 0.317 e. The van der Waals surface area contributed by atoms with Gasteiger partial charge in [-0.3, -0.25) is 9.59 Å². The van der Waals surface area contributed by atoms with Gasteiger partial charge < -0.3 is 14.1 Å². The first-order valence-corrected chi connectivity index (χ1v) is 10.1. The second kappa shape index (κ2) is 7.67. The molecule has 1 amide bonds. The molecule has 2 atom stereocenters. The van der Waals surface area contributed by atoms with Crippen molar-refractivity contribution in [2.45, 2.75) is 37.6 Å². The molecular formula is C21H20N2O4S. The molecule has 0 radical (unpaired) electrons. The lowest BCUT2D eigenvalue weighted by Crippen LogP contribution is -2.43. The Morgan fingerprint density at radius 1 is 1.25 bits per heavy atom. The fourth-order valence-electron chi connectivity index (χ4n) is 3.41. The predicted molar refractivity (Wildman–Crippen MR) is 107 cm³/mol. The normalized spacial score (nSPS) is 16.8. The highest BCUT2D eigenvalue weighted by molar-refractivity contribution is 7.99. The molecule has 2 heterocycles. The van der Waals surface area contributed by atoms with Crippen LogP contribution in [0.2, 0.25) is 0 Å². The molecule has 0 bridgehead atoms. The molecule has 7 heteroatoms. The van der Waals surface area contributed by atoms with E-state index in [1.165, 1.54) is 0 Å². The number of esters is 1. The van der Waals surface area contributed by atoms with Gasteiger partial charge in [-0.25, -0.2) is 4.98 Å². The third kappa shape index (κ3) is 3.62. The molecule has 6 nitrogen and oxygen atoms in total. The Morgan fingerprint density at radius 3 is 2.82 bits per heavy atom. The van der Waals surface area contributed by atoms with Gasteiger partial charge in [-0.05, 0) is 44.0 Å². The van der Waals surface area contributed by atoms with E-state index in [2.05, 4.69) is 4.98 Å². The number of para-hydroxylation sites is 3. The third-order valence-corrected chi connectivity index (χ3v) is 5.49. The molecule has 0 fully saturated rings. The summed E-state index contributed by atoms with van der Waals surface area (Å²) in [5.41, 5.74) is 3.43. The maximum atomic E-state index is 12.9. The highest BCUT2D eigenvalue weighted by Gasteiger charge is 2.34. The maximum absolute atomic E-state index is 12.9. The van der Waals surface area contributed by atoms with Crippen LogP contribution in [0.1, 0.15) is 19.4 Å². The molecule has 28 heavy (non-hydrogen) atoms. The second-order valence-electron chi connectivity index (χ2n) is 6.76. The van der Waals surface area contributed by atoms with Gasteiger partial charge in [-0.1, -0.05) is 42.1 Å². The molecule has 3 aromatic rings. The minimum absolute atomic E-state index is 0.0244. The summed E-state index contributed by atoms with van der Waals surface area (Å²) in [6.45, 7) is 3.60. The minimum atomic E-state index is -0.856. The van der Waals surface area contributed by atoms with Crippen LogP contribution in [0, 0.1) is 0 Å². The number of hydrogen-bond donors (Lipinski definition) is 0. The van der Waals surface area contributed by atoms with Crippen molar-refractivity contribution >= 4 is 40.4 Å². The van der Waals surface area contributed by atoms with Crippen LogP contribution in [-0.4, -0.2) is 34.8 Å². The topological polar surface area (TPSA) is 72.6 Å². The molecule has 4 rings (SSSR count). The average molecular weight is 396 g/mol. The molecule has 1 aliphatic rings. The van der Waals surface area contributed by atoms with Crippen LogP contribution in [0.15, 0.2) is 58.2 Å². The lowest BCUT2D eigenvalue weighted by Gasteiger charge is -2.25. The van der Waals surface area contributed by atoms with E-state index in [-0.39, 0.29) is 17.7 Å². The number of carbonyl (C=O) groups excluding carboxylic acids is 2. The summed E-state index contributed by atoms with van der Waals surface area (Å²) in [7, 11) is 0. The van der Waals surface area contributed by atoms with E-state index < -0.39 is 12.1 Å². The highest BCUT2D eigenvalue weighted by Crippen LogP contribution is 2.32. The van der Waals surface area contributed by atoms with E-state index in [1.807, 2.05) is 55.5 Å². The molecule has 0 spiro atoms. The zero-order valence-corrected chi connectivity index (χ0v) is 16.4. The van der Waals surface area contributed by atoms with Gasteiger partial charge in [0.05, 0.1) is 0 Å². The van der Waals surface area contributed by atoms with Crippen LogP contribution in [-0.2, 0) is 20.7 Å². The van der Waals surface area contributed by atoms with Crippen molar-refractivity contribution in [2.24, 2.45) is 0 Å². The molecule has 0 unspecified atom stereocenters. The second-order valence-corrected chi connectivity index (χ2v) is 7.68. The molecule has 144 valence electrons. The predicted octanol–water partition coefficient (Wildman–Crippen LogP) is 3.83. The largest absolute Gasteiger partial charge is 0.452 e. The zero-order valence-electron chi connectivity index (χ0n) is 15.6. The molecule has 0 saturated carbocycles. The van der Waals surface area contributed by atoms with E-state index in [4.69, 9.17) is 9.15 Å². The van der Waals surface area contributed by atoms with Gasteiger partial charge in [0.25, 0.3) is 11.1 Å². The van der Waals surface area contributed by atoms with Gasteiger partial charge in [0, 0.05) is 11.7 Å². The Hall–Kier alpha value is -2.80.